The van der Waals surface area contributed by atoms with E-state index >= 15 is 0 Å². The lowest BCUT2D eigenvalue weighted by molar-refractivity contribution is 0.0937. The molecule has 1 fully saturated rings. The van der Waals surface area contributed by atoms with Crippen molar-refractivity contribution in [3.05, 3.63) is 34.1 Å². The molecule has 0 bridgehead atoms. The molecule has 0 radical (unpaired) electrons. The predicted molar refractivity (Wildman–Crippen MR) is 68.4 cm³/mol. The minimum absolute atomic E-state index is 0.154. The van der Waals surface area contributed by atoms with E-state index in [9.17, 15) is 9.18 Å². The topological polar surface area (TPSA) is 29.1 Å². The van der Waals surface area contributed by atoms with E-state index in [1.165, 1.54) is 18.9 Å². The summed E-state index contributed by atoms with van der Waals surface area (Å²) in [6.07, 6.45) is 3.56. The van der Waals surface area contributed by atoms with Gasteiger partial charge in [0, 0.05) is 11.6 Å². The first-order chi connectivity index (χ1) is 8.06. The van der Waals surface area contributed by atoms with Crippen molar-refractivity contribution in [2.75, 3.05) is 0 Å². The van der Waals surface area contributed by atoms with Crippen LogP contribution in [0.5, 0.6) is 0 Å². The molecule has 0 spiro atoms. The van der Waals surface area contributed by atoms with Gasteiger partial charge in [0.1, 0.15) is 5.82 Å². The summed E-state index contributed by atoms with van der Waals surface area (Å²) in [5.41, 5.74) is 0.369. The maximum absolute atomic E-state index is 13.3. The van der Waals surface area contributed by atoms with Crippen LogP contribution in [-0.4, -0.2) is 11.9 Å². The van der Waals surface area contributed by atoms with Crippen LogP contribution in [0.3, 0.4) is 0 Å². The molecule has 1 amide bonds. The maximum atomic E-state index is 13.3. The van der Waals surface area contributed by atoms with Gasteiger partial charge in [-0.05, 0) is 53.4 Å². The van der Waals surface area contributed by atoms with Gasteiger partial charge in [0.25, 0.3) is 5.91 Å². The highest BCUT2D eigenvalue weighted by Gasteiger charge is 2.24. The Labute approximate surface area is 109 Å². The molecule has 17 heavy (non-hydrogen) atoms. The molecular weight excluding hydrogens is 285 g/mol. The third kappa shape index (κ3) is 3.53. The van der Waals surface area contributed by atoms with Gasteiger partial charge in [-0.3, -0.25) is 4.79 Å². The van der Waals surface area contributed by atoms with Crippen molar-refractivity contribution in [3.63, 3.8) is 0 Å². The Balaban J connectivity index is 1.95. The number of nitrogens with one attached hydrogen (secondary N) is 1. The molecule has 0 aliphatic heterocycles. The first-order valence-corrected chi connectivity index (χ1v) is 6.61. The monoisotopic (exact) mass is 299 g/mol. The Bertz CT molecular complexity index is 431. The van der Waals surface area contributed by atoms with Gasteiger partial charge in [0.15, 0.2) is 0 Å². The second kappa shape index (κ2) is 5.17. The SMILES string of the molecule is CC(CC1CC1)NC(=O)c1ccc(Br)c(F)c1. The number of amides is 1. The first kappa shape index (κ1) is 12.6. The second-order valence-corrected chi connectivity index (χ2v) is 5.54. The van der Waals surface area contributed by atoms with Crippen molar-refractivity contribution in [2.45, 2.75) is 32.2 Å². The summed E-state index contributed by atoms with van der Waals surface area (Å²) in [7, 11) is 0. The van der Waals surface area contributed by atoms with Gasteiger partial charge in [-0.2, -0.15) is 0 Å². The zero-order chi connectivity index (χ0) is 12.4. The van der Waals surface area contributed by atoms with Crippen LogP contribution in [-0.2, 0) is 0 Å². The van der Waals surface area contributed by atoms with E-state index in [-0.39, 0.29) is 11.9 Å². The summed E-state index contributed by atoms with van der Waals surface area (Å²) in [5.74, 6) is 0.156. The molecule has 92 valence electrons. The van der Waals surface area contributed by atoms with Crippen molar-refractivity contribution in [1.82, 2.24) is 5.32 Å². The van der Waals surface area contributed by atoms with Crippen LogP contribution in [0.2, 0.25) is 0 Å². The average molecular weight is 300 g/mol. The summed E-state index contributed by atoms with van der Waals surface area (Å²) in [5, 5.41) is 2.89. The lowest BCUT2D eigenvalue weighted by Gasteiger charge is -2.13. The van der Waals surface area contributed by atoms with E-state index in [1.807, 2.05) is 6.92 Å². The Kier molecular flexibility index (Phi) is 3.82. The largest absolute Gasteiger partial charge is 0.350 e. The molecule has 1 N–H and O–H groups in total. The van der Waals surface area contributed by atoms with E-state index in [4.69, 9.17) is 0 Å². The van der Waals surface area contributed by atoms with Gasteiger partial charge in [0.05, 0.1) is 4.47 Å². The fourth-order valence-corrected chi connectivity index (χ4v) is 2.10. The van der Waals surface area contributed by atoms with Crippen LogP contribution in [0.25, 0.3) is 0 Å². The fourth-order valence-electron chi connectivity index (χ4n) is 1.86. The van der Waals surface area contributed by atoms with Crippen LogP contribution >= 0.6 is 15.9 Å². The minimum Gasteiger partial charge on any atom is -0.350 e. The molecule has 2 rings (SSSR count). The van der Waals surface area contributed by atoms with Crippen LogP contribution in [0.15, 0.2) is 22.7 Å². The Morgan fingerprint density at radius 1 is 1.59 bits per heavy atom. The Morgan fingerprint density at radius 2 is 2.29 bits per heavy atom. The molecule has 4 heteroatoms. The highest BCUT2D eigenvalue weighted by molar-refractivity contribution is 9.10. The molecule has 1 unspecified atom stereocenters. The van der Waals surface area contributed by atoms with Crippen LogP contribution < -0.4 is 5.32 Å². The summed E-state index contributed by atoms with van der Waals surface area (Å²) >= 11 is 3.06. The molecule has 0 heterocycles. The maximum Gasteiger partial charge on any atom is 0.251 e. The van der Waals surface area contributed by atoms with Crippen molar-refractivity contribution in [3.8, 4) is 0 Å². The van der Waals surface area contributed by atoms with Crippen LogP contribution in [0, 0.1) is 11.7 Å². The molecule has 0 saturated heterocycles. The molecule has 1 aliphatic carbocycles. The lowest BCUT2D eigenvalue weighted by atomic mass is 10.1. The van der Waals surface area contributed by atoms with Crippen molar-refractivity contribution < 1.29 is 9.18 Å². The summed E-state index contributed by atoms with van der Waals surface area (Å²) in [6.45, 7) is 1.99. The third-order valence-corrected chi connectivity index (χ3v) is 3.59. The van der Waals surface area contributed by atoms with Crippen molar-refractivity contribution in [1.29, 1.82) is 0 Å². The van der Waals surface area contributed by atoms with E-state index < -0.39 is 5.82 Å². The Morgan fingerprint density at radius 3 is 2.88 bits per heavy atom. The predicted octanol–water partition coefficient (Wildman–Crippen LogP) is 3.51. The van der Waals surface area contributed by atoms with Gasteiger partial charge in [0.2, 0.25) is 0 Å². The highest BCUT2D eigenvalue weighted by Crippen LogP contribution is 2.33. The summed E-state index contributed by atoms with van der Waals surface area (Å²) < 4.78 is 13.6. The number of carbonyl (C=O) groups excluding carboxylic acids is 1. The van der Waals surface area contributed by atoms with Crippen LogP contribution in [0.4, 0.5) is 4.39 Å². The molecule has 1 aromatic carbocycles. The molecule has 0 aromatic heterocycles. The standard InChI is InChI=1S/C13H15BrFNO/c1-8(6-9-2-3-9)16-13(17)10-4-5-11(14)12(15)7-10/h4-5,7-9H,2-3,6H2,1H3,(H,16,17). The van der Waals surface area contributed by atoms with E-state index in [1.54, 1.807) is 12.1 Å². The molecule has 1 saturated carbocycles. The van der Waals surface area contributed by atoms with Gasteiger partial charge >= 0.3 is 0 Å². The van der Waals surface area contributed by atoms with Gasteiger partial charge in [-0.15, -0.1) is 0 Å². The lowest BCUT2D eigenvalue weighted by Crippen LogP contribution is -2.32. The minimum atomic E-state index is -0.410. The van der Waals surface area contributed by atoms with Gasteiger partial charge < -0.3 is 5.32 Å². The molecular formula is C13H15BrFNO. The number of hydrogen-bond donors (Lipinski definition) is 1. The molecule has 1 atom stereocenters. The van der Waals surface area contributed by atoms with Gasteiger partial charge in [-0.1, -0.05) is 12.8 Å². The zero-order valence-electron chi connectivity index (χ0n) is 9.67. The zero-order valence-corrected chi connectivity index (χ0v) is 11.3. The van der Waals surface area contributed by atoms with Gasteiger partial charge in [-0.25, -0.2) is 4.39 Å². The number of hydrogen-bond acceptors (Lipinski definition) is 1. The van der Waals surface area contributed by atoms with E-state index in [0.717, 1.165) is 12.3 Å². The number of rotatable bonds is 4. The molecule has 1 aromatic rings. The van der Waals surface area contributed by atoms with E-state index in [0.29, 0.717) is 10.0 Å². The highest BCUT2D eigenvalue weighted by atomic mass is 79.9. The quantitative estimate of drug-likeness (QED) is 0.906. The normalized spacial score (nSPS) is 16.6. The fraction of sp³-hybridized carbons (Fsp3) is 0.462. The Hall–Kier alpha value is -0.900. The van der Waals surface area contributed by atoms with Crippen molar-refractivity contribution >= 4 is 21.8 Å². The first-order valence-electron chi connectivity index (χ1n) is 5.82. The smallest absolute Gasteiger partial charge is 0.251 e. The van der Waals surface area contributed by atoms with Crippen molar-refractivity contribution in [2.24, 2.45) is 5.92 Å². The van der Waals surface area contributed by atoms with Crippen LogP contribution in [0.1, 0.15) is 36.5 Å². The number of benzene rings is 1. The second-order valence-electron chi connectivity index (χ2n) is 4.68. The molecule has 2 nitrogen and oxygen atoms in total. The summed E-state index contributed by atoms with van der Waals surface area (Å²) in [6, 6.07) is 4.58. The number of carbonyl (C=O) groups is 1. The summed E-state index contributed by atoms with van der Waals surface area (Å²) in [4.78, 5) is 11.8. The third-order valence-electron chi connectivity index (χ3n) is 2.94. The average Bonchev–Trinajstić information content (AvgIpc) is 3.05. The number of halogens is 2. The van der Waals surface area contributed by atoms with E-state index in [2.05, 4.69) is 21.2 Å². The molecule has 1 aliphatic rings.